The summed E-state index contributed by atoms with van der Waals surface area (Å²) in [4.78, 5) is 0. The fraction of sp³-hybridized carbons (Fsp3) is 0.400. The standard InChI is InChI=1S/C15H20ClN3O/c1-4-12-9-13(19(5-2)18-12)10-17-14-8-11(16)6-7-15(14)20-3/h6-9,17H,4-5,10H2,1-3H3. The lowest BCUT2D eigenvalue weighted by Crippen LogP contribution is -2.08. The molecule has 0 unspecified atom stereocenters. The van der Waals surface area contributed by atoms with Gasteiger partial charge in [0.2, 0.25) is 0 Å². The first-order chi connectivity index (χ1) is 9.67. The van der Waals surface area contributed by atoms with Crippen LogP contribution in [-0.4, -0.2) is 16.9 Å². The minimum absolute atomic E-state index is 0.687. The average molecular weight is 294 g/mol. The molecule has 0 aliphatic carbocycles. The molecule has 0 aliphatic heterocycles. The van der Waals surface area contributed by atoms with E-state index in [-0.39, 0.29) is 0 Å². The highest BCUT2D eigenvalue weighted by atomic mass is 35.5. The molecule has 0 radical (unpaired) electrons. The molecule has 0 saturated carbocycles. The predicted octanol–water partition coefficient (Wildman–Crippen LogP) is 3.74. The van der Waals surface area contributed by atoms with Gasteiger partial charge >= 0.3 is 0 Å². The van der Waals surface area contributed by atoms with Crippen LogP contribution in [-0.2, 0) is 19.5 Å². The van der Waals surface area contributed by atoms with Crippen molar-refractivity contribution in [2.45, 2.75) is 33.4 Å². The largest absolute Gasteiger partial charge is 0.495 e. The molecular weight excluding hydrogens is 274 g/mol. The van der Waals surface area contributed by atoms with Crippen molar-refractivity contribution in [1.29, 1.82) is 0 Å². The van der Waals surface area contributed by atoms with Gasteiger partial charge in [-0.3, -0.25) is 4.68 Å². The van der Waals surface area contributed by atoms with E-state index in [0.29, 0.717) is 11.6 Å². The maximum atomic E-state index is 6.03. The molecule has 4 nitrogen and oxygen atoms in total. The Morgan fingerprint density at radius 1 is 1.30 bits per heavy atom. The molecule has 0 bridgehead atoms. The van der Waals surface area contributed by atoms with Gasteiger partial charge in [0.15, 0.2) is 0 Å². The van der Waals surface area contributed by atoms with Crippen molar-refractivity contribution in [2.75, 3.05) is 12.4 Å². The molecule has 0 spiro atoms. The lowest BCUT2D eigenvalue weighted by molar-refractivity contribution is 0.416. The van der Waals surface area contributed by atoms with E-state index in [9.17, 15) is 0 Å². The van der Waals surface area contributed by atoms with E-state index < -0.39 is 0 Å². The van der Waals surface area contributed by atoms with Crippen molar-refractivity contribution in [3.8, 4) is 5.75 Å². The third-order valence-corrected chi connectivity index (χ3v) is 3.43. The van der Waals surface area contributed by atoms with Crippen molar-refractivity contribution in [2.24, 2.45) is 0 Å². The van der Waals surface area contributed by atoms with E-state index in [1.807, 2.05) is 22.9 Å². The van der Waals surface area contributed by atoms with E-state index in [1.165, 1.54) is 0 Å². The molecule has 1 aromatic carbocycles. The van der Waals surface area contributed by atoms with Crippen LogP contribution in [0.5, 0.6) is 5.75 Å². The average Bonchev–Trinajstić information content (AvgIpc) is 2.87. The summed E-state index contributed by atoms with van der Waals surface area (Å²) in [7, 11) is 1.65. The monoisotopic (exact) mass is 293 g/mol. The summed E-state index contributed by atoms with van der Waals surface area (Å²) in [5.74, 6) is 0.785. The summed E-state index contributed by atoms with van der Waals surface area (Å²) in [5.41, 5.74) is 3.16. The van der Waals surface area contributed by atoms with Gasteiger partial charge in [0.05, 0.1) is 30.7 Å². The lowest BCUT2D eigenvalue weighted by atomic mass is 10.2. The maximum Gasteiger partial charge on any atom is 0.142 e. The summed E-state index contributed by atoms with van der Waals surface area (Å²) < 4.78 is 7.34. The van der Waals surface area contributed by atoms with Crippen molar-refractivity contribution in [1.82, 2.24) is 9.78 Å². The smallest absolute Gasteiger partial charge is 0.142 e. The molecule has 108 valence electrons. The Morgan fingerprint density at radius 3 is 2.75 bits per heavy atom. The topological polar surface area (TPSA) is 39.1 Å². The van der Waals surface area contributed by atoms with Crippen molar-refractivity contribution in [3.63, 3.8) is 0 Å². The Morgan fingerprint density at radius 2 is 2.10 bits per heavy atom. The van der Waals surface area contributed by atoms with Crippen LogP contribution >= 0.6 is 11.6 Å². The Labute approximate surface area is 124 Å². The third kappa shape index (κ3) is 3.25. The van der Waals surface area contributed by atoms with Crippen LogP contribution in [0.25, 0.3) is 0 Å². The molecule has 2 aromatic rings. The van der Waals surface area contributed by atoms with Gasteiger partial charge in [0.25, 0.3) is 0 Å². The number of aromatic nitrogens is 2. The molecule has 0 aliphatic rings. The number of rotatable bonds is 6. The van der Waals surface area contributed by atoms with Gasteiger partial charge in [-0.25, -0.2) is 0 Å². The molecular formula is C15H20ClN3O. The number of nitrogens with zero attached hydrogens (tertiary/aromatic N) is 2. The van der Waals surface area contributed by atoms with Crippen LogP contribution < -0.4 is 10.1 Å². The Hall–Kier alpha value is -1.68. The number of nitrogens with one attached hydrogen (secondary N) is 1. The number of aryl methyl sites for hydroxylation is 2. The Kier molecular flexibility index (Phi) is 4.90. The quantitative estimate of drug-likeness (QED) is 0.882. The number of methoxy groups -OCH3 is 1. The van der Waals surface area contributed by atoms with E-state index in [1.54, 1.807) is 7.11 Å². The highest BCUT2D eigenvalue weighted by molar-refractivity contribution is 6.30. The Bertz CT molecular complexity index is 580. The van der Waals surface area contributed by atoms with Crippen molar-refractivity contribution in [3.05, 3.63) is 40.7 Å². The van der Waals surface area contributed by atoms with Gasteiger partial charge in [-0.05, 0) is 37.6 Å². The van der Waals surface area contributed by atoms with Crippen LogP contribution in [0.4, 0.5) is 5.69 Å². The van der Waals surface area contributed by atoms with Crippen LogP contribution in [0.2, 0.25) is 5.02 Å². The van der Waals surface area contributed by atoms with Gasteiger partial charge < -0.3 is 10.1 Å². The third-order valence-electron chi connectivity index (χ3n) is 3.20. The maximum absolute atomic E-state index is 6.03. The molecule has 20 heavy (non-hydrogen) atoms. The molecule has 5 heteroatoms. The van der Waals surface area contributed by atoms with Gasteiger partial charge in [0.1, 0.15) is 5.75 Å². The van der Waals surface area contributed by atoms with Crippen LogP contribution in [0.1, 0.15) is 25.2 Å². The number of ether oxygens (including phenoxy) is 1. The highest BCUT2D eigenvalue weighted by Gasteiger charge is 2.08. The molecule has 0 saturated heterocycles. The second-order valence-corrected chi connectivity index (χ2v) is 4.93. The normalized spacial score (nSPS) is 10.6. The zero-order chi connectivity index (χ0) is 14.5. The van der Waals surface area contributed by atoms with Gasteiger partial charge in [-0.1, -0.05) is 18.5 Å². The van der Waals surface area contributed by atoms with E-state index >= 15 is 0 Å². The first-order valence-electron chi connectivity index (χ1n) is 6.81. The molecule has 1 heterocycles. The number of hydrogen-bond donors (Lipinski definition) is 1. The lowest BCUT2D eigenvalue weighted by Gasteiger charge is -2.12. The first kappa shape index (κ1) is 14.7. The summed E-state index contributed by atoms with van der Waals surface area (Å²) in [6, 6.07) is 7.68. The molecule has 0 amide bonds. The molecule has 0 atom stereocenters. The zero-order valence-electron chi connectivity index (χ0n) is 12.1. The van der Waals surface area contributed by atoms with Crippen LogP contribution in [0.15, 0.2) is 24.3 Å². The molecule has 1 N–H and O–H groups in total. The fourth-order valence-corrected chi connectivity index (χ4v) is 2.28. The van der Waals surface area contributed by atoms with Gasteiger partial charge in [-0.15, -0.1) is 0 Å². The number of benzene rings is 1. The fourth-order valence-electron chi connectivity index (χ4n) is 2.11. The minimum atomic E-state index is 0.687. The second-order valence-electron chi connectivity index (χ2n) is 4.49. The van der Waals surface area contributed by atoms with Crippen molar-refractivity contribution < 1.29 is 4.74 Å². The number of hydrogen-bond acceptors (Lipinski definition) is 3. The second kappa shape index (κ2) is 6.66. The van der Waals surface area contributed by atoms with Crippen molar-refractivity contribution >= 4 is 17.3 Å². The first-order valence-corrected chi connectivity index (χ1v) is 7.18. The number of halogens is 1. The minimum Gasteiger partial charge on any atom is -0.495 e. The van der Waals surface area contributed by atoms with E-state index in [2.05, 4.69) is 30.3 Å². The summed E-state index contributed by atoms with van der Waals surface area (Å²) in [5, 5.41) is 8.59. The predicted molar refractivity (Wildman–Crippen MR) is 82.6 cm³/mol. The van der Waals surface area contributed by atoms with E-state index in [0.717, 1.165) is 35.8 Å². The SMILES string of the molecule is CCc1cc(CNc2cc(Cl)ccc2OC)n(CC)n1. The summed E-state index contributed by atoms with van der Waals surface area (Å²) in [6.45, 7) is 5.76. The summed E-state index contributed by atoms with van der Waals surface area (Å²) in [6.07, 6.45) is 0.945. The Balaban J connectivity index is 2.16. The molecule has 2 rings (SSSR count). The van der Waals surface area contributed by atoms with E-state index in [4.69, 9.17) is 16.3 Å². The summed E-state index contributed by atoms with van der Waals surface area (Å²) >= 11 is 6.03. The molecule has 0 fully saturated rings. The van der Waals surface area contributed by atoms with Gasteiger partial charge in [-0.2, -0.15) is 5.10 Å². The highest BCUT2D eigenvalue weighted by Crippen LogP contribution is 2.28. The van der Waals surface area contributed by atoms with Crippen LogP contribution in [0, 0.1) is 0 Å². The van der Waals surface area contributed by atoms with Gasteiger partial charge in [0, 0.05) is 11.6 Å². The molecule has 1 aromatic heterocycles. The van der Waals surface area contributed by atoms with Crippen LogP contribution in [0.3, 0.4) is 0 Å². The zero-order valence-corrected chi connectivity index (χ0v) is 12.9. The number of anilines is 1.